The summed E-state index contributed by atoms with van der Waals surface area (Å²) in [6, 6.07) is 12.1. The first kappa shape index (κ1) is 40.1. The summed E-state index contributed by atoms with van der Waals surface area (Å²) in [6.45, 7) is 9.17. The minimum atomic E-state index is -0.871. The van der Waals surface area contributed by atoms with Crippen LogP contribution in [0.25, 0.3) is 22.1 Å². The van der Waals surface area contributed by atoms with Crippen molar-refractivity contribution >= 4 is 40.2 Å². The molecule has 0 spiro atoms. The van der Waals surface area contributed by atoms with E-state index in [9.17, 15) is 19.5 Å². The minimum absolute atomic E-state index is 0.00766. The zero-order valence-electron chi connectivity index (χ0n) is 34.8. The number of methoxy groups -OCH3 is 2. The molecule has 0 radical (unpaired) electrons. The fraction of sp³-hybridized carbons (Fsp3) is 0.614. The Kier molecular flexibility index (Phi) is 10.9. The largest absolute Gasteiger partial charge is 0.453 e. The third-order valence-electron chi connectivity index (χ3n) is 14.2. The zero-order chi connectivity index (χ0) is 40.9. The highest BCUT2D eigenvalue weighted by molar-refractivity contribution is 5.86. The van der Waals surface area contributed by atoms with Gasteiger partial charge in [-0.05, 0) is 122 Å². The van der Waals surface area contributed by atoms with Crippen LogP contribution in [0.2, 0.25) is 0 Å². The van der Waals surface area contributed by atoms with E-state index in [0.29, 0.717) is 6.54 Å². The van der Waals surface area contributed by atoms with Crippen molar-refractivity contribution in [2.24, 2.45) is 11.8 Å². The van der Waals surface area contributed by atoms with Gasteiger partial charge in [-0.15, -0.1) is 0 Å². The standard InChI is InChI=1S/C44H60N8O6/c1-25(2)35(49-41(55)57-5)39(53)51-21-7-9-33(51)37-45-29-13-11-27(23-31(29)47-37)43-15-18-44(19-16-43,20-17-43)28-12-14-30-32(24-28)48-38(46-30)34-10-8-22-52(34)40(54)36(26(3)4)50-42(56)58-6/h11-14,23-26,33-36,39,53H,7-10,15-22H2,1-6H3,(H,45,47)(H,46,48)(H,49,55)(H,50,56)/t33-,34-,35-,36-,39?,43?,44?/m0/s1. The summed E-state index contributed by atoms with van der Waals surface area (Å²) in [5.41, 5.74) is 6.86. The SMILES string of the molecule is COC(=O)N[C@@H](C(C)C)C(O)N1CCC[C@H]1c1nc2ccc(C34CCC(c5ccc6nc([C@@H]7CCCN7C(=O)[C@@H](NC(=O)OC)C(C)C)[nH]c6c5)(CC3)CC4)cc2[nH]1. The number of nitrogens with one attached hydrogen (secondary N) is 4. The van der Waals surface area contributed by atoms with Crippen LogP contribution in [0.4, 0.5) is 9.59 Å². The second kappa shape index (κ2) is 15.8. The number of aromatic nitrogens is 4. The number of hydrogen-bond acceptors (Lipinski definition) is 9. The van der Waals surface area contributed by atoms with Crippen LogP contribution in [0.1, 0.15) is 127 Å². The lowest BCUT2D eigenvalue weighted by Gasteiger charge is -2.54. The lowest BCUT2D eigenvalue weighted by Crippen LogP contribution is -2.54. The summed E-state index contributed by atoms with van der Waals surface area (Å²) < 4.78 is 9.65. The number of carbonyl (C=O) groups is 3. The summed E-state index contributed by atoms with van der Waals surface area (Å²) >= 11 is 0. The average molecular weight is 797 g/mol. The summed E-state index contributed by atoms with van der Waals surface area (Å²) in [4.78, 5) is 59.1. The number of hydrogen-bond donors (Lipinski definition) is 5. The molecular formula is C44H60N8O6. The molecule has 3 amide bonds. The van der Waals surface area contributed by atoms with Crippen LogP contribution in [0.5, 0.6) is 0 Å². The third kappa shape index (κ3) is 7.20. The predicted octanol–water partition coefficient (Wildman–Crippen LogP) is 6.86. The molecule has 3 aliphatic carbocycles. The van der Waals surface area contributed by atoms with Gasteiger partial charge >= 0.3 is 12.2 Å². The summed E-state index contributed by atoms with van der Waals surface area (Å²) in [6.07, 6.45) is 8.18. The molecule has 2 aromatic heterocycles. The van der Waals surface area contributed by atoms with E-state index in [-0.39, 0.29) is 40.7 Å². The number of alkyl carbamates (subject to hydrolysis) is 2. The molecular weight excluding hydrogens is 737 g/mol. The fourth-order valence-corrected chi connectivity index (χ4v) is 10.7. The summed E-state index contributed by atoms with van der Waals surface area (Å²) in [5.74, 6) is 1.46. The Balaban J connectivity index is 0.964. The van der Waals surface area contributed by atoms with Gasteiger partial charge in [0.2, 0.25) is 5.91 Å². The number of fused-ring (bicyclic) bond motifs is 5. The molecule has 312 valence electrons. The zero-order valence-corrected chi connectivity index (χ0v) is 34.8. The molecule has 14 heteroatoms. The smallest absolute Gasteiger partial charge is 0.407 e. The van der Waals surface area contributed by atoms with E-state index < -0.39 is 30.5 Å². The molecule has 2 bridgehead atoms. The molecule has 5 atom stereocenters. The molecule has 2 aromatic carbocycles. The number of aliphatic hydroxyl groups excluding tert-OH is 1. The number of ether oxygens (including phenoxy) is 2. The van der Waals surface area contributed by atoms with E-state index in [4.69, 9.17) is 19.4 Å². The third-order valence-corrected chi connectivity index (χ3v) is 14.2. The fourth-order valence-electron chi connectivity index (χ4n) is 10.7. The van der Waals surface area contributed by atoms with Crippen LogP contribution in [-0.4, -0.2) is 98.6 Å². The normalized spacial score (nSPS) is 26.4. The topological polar surface area (TPSA) is 178 Å². The van der Waals surface area contributed by atoms with E-state index >= 15 is 0 Å². The Morgan fingerprint density at radius 2 is 1.24 bits per heavy atom. The molecule has 2 aliphatic heterocycles. The molecule has 58 heavy (non-hydrogen) atoms. The number of amides is 3. The maximum absolute atomic E-state index is 13.7. The van der Waals surface area contributed by atoms with Gasteiger partial charge in [0, 0.05) is 13.1 Å². The highest BCUT2D eigenvalue weighted by Crippen LogP contribution is 2.59. The van der Waals surface area contributed by atoms with Gasteiger partial charge in [-0.25, -0.2) is 19.6 Å². The van der Waals surface area contributed by atoms with Crippen molar-refractivity contribution < 1.29 is 29.0 Å². The number of benzene rings is 2. The first-order chi connectivity index (χ1) is 27.8. The number of aromatic amines is 2. The highest BCUT2D eigenvalue weighted by Gasteiger charge is 2.50. The lowest BCUT2D eigenvalue weighted by molar-refractivity contribution is -0.135. The number of likely N-dealkylation sites (tertiary alicyclic amines) is 2. The number of nitrogens with zero attached hydrogens (tertiary/aromatic N) is 4. The molecule has 3 saturated carbocycles. The predicted molar refractivity (Wildman–Crippen MR) is 220 cm³/mol. The summed E-state index contributed by atoms with van der Waals surface area (Å²) in [7, 11) is 2.65. The van der Waals surface area contributed by atoms with E-state index in [1.165, 1.54) is 25.3 Å². The molecule has 4 aromatic rings. The molecule has 2 saturated heterocycles. The van der Waals surface area contributed by atoms with E-state index in [1.807, 2.05) is 32.6 Å². The van der Waals surface area contributed by atoms with Gasteiger partial charge in [-0.2, -0.15) is 0 Å². The number of imidazole rings is 2. The van der Waals surface area contributed by atoms with Crippen LogP contribution in [0, 0.1) is 11.8 Å². The highest BCUT2D eigenvalue weighted by atomic mass is 16.5. The van der Waals surface area contributed by atoms with E-state index in [0.717, 1.165) is 104 Å². The van der Waals surface area contributed by atoms with Crippen LogP contribution < -0.4 is 10.6 Å². The Hall–Kier alpha value is -4.69. The van der Waals surface area contributed by atoms with E-state index in [1.54, 1.807) is 0 Å². The Morgan fingerprint density at radius 1 is 0.741 bits per heavy atom. The molecule has 5 N–H and O–H groups in total. The maximum atomic E-state index is 13.7. The van der Waals surface area contributed by atoms with Crippen molar-refractivity contribution in [2.75, 3.05) is 27.3 Å². The van der Waals surface area contributed by atoms with Gasteiger partial charge in [0.25, 0.3) is 0 Å². The first-order valence-electron chi connectivity index (χ1n) is 21.3. The average Bonchev–Trinajstić information content (AvgIpc) is 4.06. The van der Waals surface area contributed by atoms with Crippen LogP contribution >= 0.6 is 0 Å². The molecule has 5 aliphatic rings. The second-order valence-electron chi connectivity index (χ2n) is 18.0. The molecule has 5 fully saturated rings. The van der Waals surface area contributed by atoms with Gasteiger partial charge < -0.3 is 40.1 Å². The summed E-state index contributed by atoms with van der Waals surface area (Å²) in [5, 5.41) is 17.1. The van der Waals surface area contributed by atoms with Gasteiger partial charge in [-0.3, -0.25) is 9.69 Å². The van der Waals surface area contributed by atoms with Gasteiger partial charge in [-0.1, -0.05) is 39.8 Å². The number of aliphatic hydroxyl groups is 1. The minimum Gasteiger partial charge on any atom is -0.453 e. The van der Waals surface area contributed by atoms with E-state index in [2.05, 4.69) is 61.9 Å². The Morgan fingerprint density at radius 3 is 1.76 bits per heavy atom. The molecule has 9 rings (SSSR count). The van der Waals surface area contributed by atoms with Gasteiger partial charge in [0.05, 0.1) is 54.4 Å². The van der Waals surface area contributed by atoms with Crippen molar-refractivity contribution in [1.29, 1.82) is 0 Å². The first-order valence-corrected chi connectivity index (χ1v) is 21.3. The quantitative estimate of drug-likeness (QED) is 0.108. The molecule has 4 heterocycles. The van der Waals surface area contributed by atoms with Crippen LogP contribution in [0.15, 0.2) is 36.4 Å². The van der Waals surface area contributed by atoms with Gasteiger partial charge in [0.15, 0.2) is 0 Å². The maximum Gasteiger partial charge on any atom is 0.407 e. The lowest BCUT2D eigenvalue weighted by atomic mass is 9.50. The Bertz CT molecular complexity index is 2140. The number of carbonyl (C=O) groups excluding carboxylic acids is 3. The number of H-pyrrole nitrogens is 2. The van der Waals surface area contributed by atoms with Crippen molar-refractivity contribution in [3.8, 4) is 0 Å². The molecule has 1 unspecified atom stereocenters. The van der Waals surface area contributed by atoms with Gasteiger partial charge in [0.1, 0.15) is 23.9 Å². The number of rotatable bonds is 11. The van der Waals surface area contributed by atoms with Crippen molar-refractivity contribution in [3.05, 3.63) is 59.2 Å². The van der Waals surface area contributed by atoms with Crippen molar-refractivity contribution in [2.45, 2.75) is 133 Å². The van der Waals surface area contributed by atoms with Crippen molar-refractivity contribution in [3.63, 3.8) is 0 Å². The molecule has 14 nitrogen and oxygen atoms in total. The monoisotopic (exact) mass is 796 g/mol. The van der Waals surface area contributed by atoms with Crippen LogP contribution in [0.3, 0.4) is 0 Å². The van der Waals surface area contributed by atoms with Crippen LogP contribution in [-0.2, 0) is 25.1 Å². The van der Waals surface area contributed by atoms with Crippen molar-refractivity contribution in [1.82, 2.24) is 40.4 Å². The Labute approximate surface area is 340 Å². The second-order valence-corrected chi connectivity index (χ2v) is 18.0.